The minimum atomic E-state index is -0.537. The number of aromatic amines is 1. The predicted octanol–water partition coefficient (Wildman–Crippen LogP) is 4.64. The third kappa shape index (κ3) is 5.55. The molecule has 0 unspecified atom stereocenters. The van der Waals surface area contributed by atoms with Crippen LogP contribution in [-0.2, 0) is 30.8 Å². The Morgan fingerprint density at radius 2 is 1.97 bits per heavy atom. The summed E-state index contributed by atoms with van der Waals surface area (Å²) >= 11 is 0. The molecule has 0 radical (unpaired) electrons. The van der Waals surface area contributed by atoms with Crippen LogP contribution in [-0.4, -0.2) is 42.8 Å². The Labute approximate surface area is 226 Å². The molecule has 2 atom stereocenters. The van der Waals surface area contributed by atoms with Gasteiger partial charge in [-0.1, -0.05) is 43.3 Å². The van der Waals surface area contributed by atoms with Gasteiger partial charge < -0.3 is 14.1 Å². The fraction of sp³-hybridized carbons (Fsp3) is 0.333. The number of hydrogen-bond donors (Lipinski definition) is 1. The second-order valence-corrected chi connectivity index (χ2v) is 10.1. The number of rotatable bonds is 10. The average molecular weight is 525 g/mol. The van der Waals surface area contributed by atoms with Gasteiger partial charge in [0.2, 0.25) is 0 Å². The highest BCUT2D eigenvalue weighted by Gasteiger charge is 2.32. The number of furan rings is 1. The van der Waals surface area contributed by atoms with E-state index < -0.39 is 6.04 Å². The molecule has 1 saturated heterocycles. The van der Waals surface area contributed by atoms with Gasteiger partial charge >= 0.3 is 0 Å². The Morgan fingerprint density at radius 3 is 2.74 bits per heavy atom. The van der Waals surface area contributed by atoms with E-state index >= 15 is 0 Å². The van der Waals surface area contributed by atoms with Crippen molar-refractivity contribution in [1.82, 2.24) is 30.1 Å². The normalized spacial score (nSPS) is 16.3. The molecular weight excluding hydrogens is 492 g/mol. The number of hydrogen-bond acceptors (Lipinski definition) is 7. The van der Waals surface area contributed by atoms with Crippen LogP contribution in [0, 0.1) is 0 Å². The summed E-state index contributed by atoms with van der Waals surface area (Å²) in [6.07, 6.45) is 4.60. The first kappa shape index (κ1) is 25.2. The quantitative estimate of drug-likeness (QED) is 0.284. The van der Waals surface area contributed by atoms with Crippen molar-refractivity contribution in [3.8, 4) is 0 Å². The summed E-state index contributed by atoms with van der Waals surface area (Å²) < 4.78 is 13.5. The van der Waals surface area contributed by atoms with E-state index in [2.05, 4.69) is 56.6 Å². The summed E-state index contributed by atoms with van der Waals surface area (Å²) in [6.45, 7) is 4.43. The molecule has 1 aliphatic rings. The molecule has 0 aliphatic carbocycles. The number of benzene rings is 2. The highest BCUT2D eigenvalue weighted by atomic mass is 16.5. The first-order valence-electron chi connectivity index (χ1n) is 13.5. The maximum Gasteiger partial charge on any atom is 0.253 e. The lowest BCUT2D eigenvalue weighted by molar-refractivity contribution is 0.0901. The maximum atomic E-state index is 13.7. The van der Waals surface area contributed by atoms with E-state index in [1.54, 1.807) is 10.9 Å². The molecule has 3 aromatic heterocycles. The van der Waals surface area contributed by atoms with Crippen molar-refractivity contribution in [3.05, 3.63) is 112 Å². The van der Waals surface area contributed by atoms with E-state index in [9.17, 15) is 4.79 Å². The van der Waals surface area contributed by atoms with Crippen molar-refractivity contribution in [2.24, 2.45) is 0 Å². The first-order chi connectivity index (χ1) is 19.2. The third-order valence-electron chi connectivity index (χ3n) is 7.38. The molecule has 9 nitrogen and oxygen atoms in total. The van der Waals surface area contributed by atoms with Gasteiger partial charge in [0.1, 0.15) is 11.8 Å². The second-order valence-electron chi connectivity index (χ2n) is 10.1. The molecule has 1 N–H and O–H groups in total. The average Bonchev–Trinajstić information content (AvgIpc) is 3.75. The van der Waals surface area contributed by atoms with Gasteiger partial charge in [-0.2, -0.15) is 0 Å². The summed E-state index contributed by atoms with van der Waals surface area (Å²) in [5, 5.41) is 13.9. The molecule has 5 aromatic rings. The molecule has 1 fully saturated rings. The molecule has 0 spiro atoms. The molecule has 2 aromatic carbocycles. The van der Waals surface area contributed by atoms with E-state index in [4.69, 9.17) is 9.15 Å². The van der Waals surface area contributed by atoms with Gasteiger partial charge in [0.15, 0.2) is 5.82 Å². The number of nitrogens with one attached hydrogen (secondary N) is 1. The standard InChI is InChI=1S/C30H32N6O3/c1-2-21-12-13-27-23(16-21)17-26(30(37)31-27)28(29-32-33-34-36(29)20-25-11-7-15-39-25)35(19-24-10-6-14-38-24)18-22-8-4-3-5-9-22/h3-6,8-10,12-14,16-17,25,28H,2,7,11,15,18-20H2,1H3,(H,31,37)/t25-,28-/m0/s1. The van der Waals surface area contributed by atoms with Gasteiger partial charge in [-0.25, -0.2) is 4.68 Å². The van der Waals surface area contributed by atoms with E-state index in [0.717, 1.165) is 48.1 Å². The van der Waals surface area contributed by atoms with Crippen LogP contribution in [0.25, 0.3) is 10.9 Å². The van der Waals surface area contributed by atoms with Crippen molar-refractivity contribution < 1.29 is 9.15 Å². The van der Waals surface area contributed by atoms with Crippen molar-refractivity contribution in [2.75, 3.05) is 6.61 Å². The lowest BCUT2D eigenvalue weighted by Crippen LogP contribution is -2.35. The van der Waals surface area contributed by atoms with E-state index in [1.807, 2.05) is 42.5 Å². The third-order valence-corrected chi connectivity index (χ3v) is 7.38. The highest BCUT2D eigenvalue weighted by molar-refractivity contribution is 5.80. The monoisotopic (exact) mass is 524 g/mol. The first-order valence-corrected chi connectivity index (χ1v) is 13.5. The van der Waals surface area contributed by atoms with Crippen molar-refractivity contribution in [1.29, 1.82) is 0 Å². The Balaban J connectivity index is 1.50. The minimum absolute atomic E-state index is 0.0440. The summed E-state index contributed by atoms with van der Waals surface area (Å²) in [6, 6.07) is 21.6. The van der Waals surface area contributed by atoms with Crippen LogP contribution in [0.3, 0.4) is 0 Å². The Morgan fingerprint density at radius 1 is 1.08 bits per heavy atom. The summed E-state index contributed by atoms with van der Waals surface area (Å²) in [5.41, 5.74) is 3.54. The smallest absolute Gasteiger partial charge is 0.253 e. The fourth-order valence-electron chi connectivity index (χ4n) is 5.37. The van der Waals surface area contributed by atoms with Gasteiger partial charge in [0, 0.05) is 24.2 Å². The van der Waals surface area contributed by atoms with E-state index in [0.29, 0.717) is 31.0 Å². The number of aromatic nitrogens is 5. The van der Waals surface area contributed by atoms with E-state index in [1.165, 1.54) is 5.56 Å². The van der Waals surface area contributed by atoms with Gasteiger partial charge in [-0.3, -0.25) is 9.69 Å². The lowest BCUT2D eigenvalue weighted by Gasteiger charge is -2.30. The molecule has 0 bridgehead atoms. The van der Waals surface area contributed by atoms with E-state index in [-0.39, 0.29) is 11.7 Å². The number of H-pyrrole nitrogens is 1. The number of nitrogens with zero attached hydrogens (tertiary/aromatic N) is 5. The van der Waals surface area contributed by atoms with Gasteiger partial charge in [0.25, 0.3) is 5.56 Å². The molecule has 1 aliphatic heterocycles. The number of pyridine rings is 1. The number of tetrazole rings is 1. The summed E-state index contributed by atoms with van der Waals surface area (Å²) in [5.74, 6) is 1.39. The summed E-state index contributed by atoms with van der Waals surface area (Å²) in [7, 11) is 0. The zero-order chi connectivity index (χ0) is 26.6. The Kier molecular flexibility index (Phi) is 7.33. The maximum absolute atomic E-state index is 13.7. The van der Waals surface area contributed by atoms with Crippen LogP contribution in [0.15, 0.2) is 82.2 Å². The van der Waals surface area contributed by atoms with Crippen LogP contribution in [0.1, 0.15) is 54.1 Å². The number of aryl methyl sites for hydroxylation is 1. The molecule has 0 amide bonds. The number of fused-ring (bicyclic) bond motifs is 1. The van der Waals surface area contributed by atoms with Crippen LogP contribution >= 0.6 is 0 Å². The zero-order valence-corrected chi connectivity index (χ0v) is 22.0. The van der Waals surface area contributed by atoms with Gasteiger partial charge in [-0.15, -0.1) is 5.10 Å². The van der Waals surface area contributed by atoms with Crippen molar-refractivity contribution in [2.45, 2.75) is 58.0 Å². The predicted molar refractivity (Wildman–Crippen MR) is 147 cm³/mol. The van der Waals surface area contributed by atoms with Crippen molar-refractivity contribution >= 4 is 10.9 Å². The van der Waals surface area contributed by atoms with Gasteiger partial charge in [-0.05, 0) is 76.5 Å². The van der Waals surface area contributed by atoms with Crippen LogP contribution in [0.5, 0.6) is 0 Å². The molecule has 9 heteroatoms. The van der Waals surface area contributed by atoms with Gasteiger partial charge in [0.05, 0.1) is 25.5 Å². The SMILES string of the molecule is CCc1ccc2[nH]c(=O)c([C@@H](c3nnnn3C[C@@H]3CCCO3)N(Cc3ccccc3)Cc3ccco3)cc2c1. The van der Waals surface area contributed by atoms with Crippen LogP contribution in [0.4, 0.5) is 0 Å². The Hall–Kier alpha value is -4.08. The van der Waals surface area contributed by atoms with Crippen LogP contribution < -0.4 is 5.56 Å². The number of ether oxygens (including phenoxy) is 1. The topological polar surface area (TPSA) is 102 Å². The molecular formula is C30H32N6O3. The lowest BCUT2D eigenvalue weighted by atomic mass is 10.0. The minimum Gasteiger partial charge on any atom is -0.468 e. The fourth-order valence-corrected chi connectivity index (χ4v) is 5.37. The van der Waals surface area contributed by atoms with Crippen molar-refractivity contribution in [3.63, 3.8) is 0 Å². The zero-order valence-electron chi connectivity index (χ0n) is 22.0. The molecule has 6 rings (SSSR count). The molecule has 4 heterocycles. The Bertz CT molecular complexity index is 1570. The largest absolute Gasteiger partial charge is 0.468 e. The highest BCUT2D eigenvalue weighted by Crippen LogP contribution is 2.31. The second kappa shape index (κ2) is 11.3. The van der Waals surface area contributed by atoms with Crippen LogP contribution in [0.2, 0.25) is 0 Å². The summed E-state index contributed by atoms with van der Waals surface area (Å²) in [4.78, 5) is 19.0. The molecule has 0 saturated carbocycles. The molecule has 200 valence electrons. The molecule has 39 heavy (non-hydrogen) atoms.